The van der Waals surface area contributed by atoms with Crippen molar-refractivity contribution < 1.29 is 14.3 Å². The van der Waals surface area contributed by atoms with Crippen LogP contribution in [0.3, 0.4) is 0 Å². The number of nitrogens with zero attached hydrogens (tertiary/aromatic N) is 3. The molecule has 4 rings (SSSR count). The van der Waals surface area contributed by atoms with Crippen LogP contribution in [0, 0.1) is 11.2 Å². The van der Waals surface area contributed by atoms with Gasteiger partial charge in [-0.3, -0.25) is 19.1 Å². The molecule has 1 amide bonds. The number of piperidine rings is 1. The Bertz CT molecular complexity index is 1110. The molecular formula is C24H31FN4O4. The molecule has 2 aliphatic heterocycles. The molecule has 178 valence electrons. The second-order valence-corrected chi connectivity index (χ2v) is 9.41. The number of aliphatic hydroxyl groups is 1. The summed E-state index contributed by atoms with van der Waals surface area (Å²) >= 11 is 0. The molecule has 8 nitrogen and oxygen atoms in total. The fraction of sp³-hybridized carbons (Fsp3) is 0.542. The monoisotopic (exact) mass is 458 g/mol. The molecular weight excluding hydrogens is 427 g/mol. The molecule has 9 heteroatoms. The number of hydrogen-bond donors (Lipinski definition) is 2. The summed E-state index contributed by atoms with van der Waals surface area (Å²) in [4.78, 5) is 43.8. The zero-order valence-corrected chi connectivity index (χ0v) is 18.9. The zero-order valence-electron chi connectivity index (χ0n) is 18.9. The van der Waals surface area contributed by atoms with Crippen LogP contribution in [0.25, 0.3) is 0 Å². The first-order valence-corrected chi connectivity index (χ1v) is 11.5. The van der Waals surface area contributed by atoms with E-state index < -0.39 is 28.8 Å². The van der Waals surface area contributed by atoms with E-state index in [9.17, 15) is 23.9 Å². The van der Waals surface area contributed by atoms with Crippen LogP contribution in [-0.4, -0.2) is 69.7 Å². The number of carbonyl (C=O) groups excluding carboxylic acids is 1. The number of rotatable bonds is 4. The van der Waals surface area contributed by atoms with Gasteiger partial charge >= 0.3 is 5.69 Å². The van der Waals surface area contributed by atoms with E-state index in [4.69, 9.17) is 0 Å². The van der Waals surface area contributed by atoms with Gasteiger partial charge in [-0.25, -0.2) is 9.18 Å². The summed E-state index contributed by atoms with van der Waals surface area (Å²) in [6.07, 6.45) is 3.14. The van der Waals surface area contributed by atoms with E-state index in [-0.39, 0.29) is 11.7 Å². The quantitative estimate of drug-likeness (QED) is 0.717. The van der Waals surface area contributed by atoms with Crippen LogP contribution in [0.1, 0.15) is 37.3 Å². The first-order chi connectivity index (χ1) is 15.8. The number of aromatic nitrogens is 2. The van der Waals surface area contributed by atoms with Gasteiger partial charge in [0.2, 0.25) is 5.91 Å². The standard InChI is InChI=1S/C24H31FN4O4/c1-27-13-8-24(9-14-27,16-17-3-2-4-18(25)15-17)22(32)28-10-5-19(20(30)6-11-28)29-12-7-21(31)26-23(29)33/h2-4,7,12,15,19-20,30H,5-6,8-11,13-14,16H2,1H3,(H,26,31,33)/t19-,20-/m0/s1. The van der Waals surface area contributed by atoms with Gasteiger partial charge in [0.15, 0.2) is 0 Å². The van der Waals surface area contributed by atoms with Crippen molar-refractivity contribution >= 4 is 5.91 Å². The van der Waals surface area contributed by atoms with E-state index in [0.29, 0.717) is 45.2 Å². The SMILES string of the molecule is CN1CCC(Cc2cccc(F)c2)(C(=O)N2CC[C@H](O)[C@@H](n3ccc(=O)[nH]c3=O)CC2)CC1. The molecule has 33 heavy (non-hydrogen) atoms. The van der Waals surface area contributed by atoms with Crippen molar-refractivity contribution in [1.82, 2.24) is 19.4 Å². The molecule has 0 aliphatic carbocycles. The van der Waals surface area contributed by atoms with Crippen molar-refractivity contribution in [3.63, 3.8) is 0 Å². The second kappa shape index (κ2) is 9.61. The van der Waals surface area contributed by atoms with Gasteiger partial charge in [-0.2, -0.15) is 0 Å². The highest BCUT2D eigenvalue weighted by atomic mass is 19.1. The van der Waals surface area contributed by atoms with E-state index >= 15 is 0 Å². The van der Waals surface area contributed by atoms with E-state index in [2.05, 4.69) is 9.88 Å². The maximum Gasteiger partial charge on any atom is 0.328 e. The lowest BCUT2D eigenvalue weighted by atomic mass is 9.72. The van der Waals surface area contributed by atoms with Crippen molar-refractivity contribution in [1.29, 1.82) is 0 Å². The van der Waals surface area contributed by atoms with Crippen molar-refractivity contribution in [2.24, 2.45) is 5.41 Å². The molecule has 2 atom stereocenters. The maximum absolute atomic E-state index is 13.9. The van der Waals surface area contributed by atoms with Gasteiger partial charge in [0.25, 0.3) is 5.56 Å². The minimum atomic E-state index is -0.817. The number of aromatic amines is 1. The Hall–Kier alpha value is -2.78. The third-order valence-electron chi connectivity index (χ3n) is 7.16. The van der Waals surface area contributed by atoms with Crippen molar-refractivity contribution in [3.8, 4) is 0 Å². The lowest BCUT2D eigenvalue weighted by molar-refractivity contribution is -0.145. The highest BCUT2D eigenvalue weighted by molar-refractivity contribution is 5.83. The summed E-state index contributed by atoms with van der Waals surface area (Å²) in [5.74, 6) is -0.281. The van der Waals surface area contributed by atoms with Crippen LogP contribution in [0.2, 0.25) is 0 Å². The highest BCUT2D eigenvalue weighted by Gasteiger charge is 2.44. The Balaban J connectivity index is 1.56. The van der Waals surface area contributed by atoms with Crippen LogP contribution in [-0.2, 0) is 11.2 Å². The second-order valence-electron chi connectivity index (χ2n) is 9.41. The topological polar surface area (TPSA) is 98.6 Å². The Labute approximate surface area is 191 Å². The first kappa shape index (κ1) is 23.4. The molecule has 2 N–H and O–H groups in total. The lowest BCUT2D eigenvalue weighted by Crippen LogP contribution is -2.51. The molecule has 1 aromatic carbocycles. The Morgan fingerprint density at radius 3 is 2.58 bits per heavy atom. The Kier molecular flexibility index (Phi) is 6.81. The molecule has 2 fully saturated rings. The third-order valence-corrected chi connectivity index (χ3v) is 7.16. The first-order valence-electron chi connectivity index (χ1n) is 11.5. The minimum absolute atomic E-state index is 0.0292. The average molecular weight is 459 g/mol. The normalized spacial score (nSPS) is 23.8. The lowest BCUT2D eigenvalue weighted by Gasteiger charge is -2.42. The van der Waals surface area contributed by atoms with Crippen LogP contribution < -0.4 is 11.2 Å². The van der Waals surface area contributed by atoms with Gasteiger partial charge in [-0.15, -0.1) is 0 Å². The molecule has 0 radical (unpaired) electrons. The summed E-state index contributed by atoms with van der Waals surface area (Å²) in [5, 5.41) is 10.7. The molecule has 2 aliphatic rings. The zero-order chi connectivity index (χ0) is 23.6. The number of halogens is 1. The molecule has 0 spiro atoms. The molecule has 2 saturated heterocycles. The fourth-order valence-corrected chi connectivity index (χ4v) is 5.17. The molecule has 3 heterocycles. The van der Waals surface area contributed by atoms with E-state index in [1.807, 2.05) is 13.1 Å². The summed E-state index contributed by atoms with van der Waals surface area (Å²) in [5.41, 5.74) is -0.873. The van der Waals surface area contributed by atoms with Crippen LogP contribution in [0.4, 0.5) is 4.39 Å². The molecule has 0 saturated carbocycles. The van der Waals surface area contributed by atoms with E-state index in [1.165, 1.54) is 29.0 Å². The minimum Gasteiger partial charge on any atom is -0.391 e. The Morgan fingerprint density at radius 2 is 1.88 bits per heavy atom. The third kappa shape index (κ3) is 5.09. The molecule has 1 aromatic heterocycles. The Morgan fingerprint density at radius 1 is 1.15 bits per heavy atom. The highest BCUT2D eigenvalue weighted by Crippen LogP contribution is 2.38. The summed E-state index contributed by atoms with van der Waals surface area (Å²) < 4.78 is 15.2. The number of likely N-dealkylation sites (tertiary alicyclic amines) is 2. The predicted octanol–water partition coefficient (Wildman–Crippen LogP) is 1.15. The smallest absolute Gasteiger partial charge is 0.328 e. The van der Waals surface area contributed by atoms with Crippen molar-refractivity contribution in [3.05, 3.63) is 68.7 Å². The van der Waals surface area contributed by atoms with Crippen LogP contribution >= 0.6 is 0 Å². The number of benzene rings is 1. The summed E-state index contributed by atoms with van der Waals surface area (Å²) in [7, 11) is 2.03. The van der Waals surface area contributed by atoms with Gasteiger partial charge < -0.3 is 14.9 Å². The van der Waals surface area contributed by atoms with Crippen LogP contribution in [0.15, 0.2) is 46.1 Å². The summed E-state index contributed by atoms with van der Waals surface area (Å²) in [6, 6.07) is 7.17. The predicted molar refractivity (Wildman–Crippen MR) is 121 cm³/mol. The van der Waals surface area contributed by atoms with Gasteiger partial charge in [0.1, 0.15) is 5.82 Å². The number of nitrogens with one attached hydrogen (secondary N) is 1. The van der Waals surface area contributed by atoms with Crippen LogP contribution in [0.5, 0.6) is 0 Å². The number of amides is 1. The number of aliphatic hydroxyl groups excluding tert-OH is 1. The number of carbonyl (C=O) groups is 1. The molecule has 2 aromatic rings. The van der Waals surface area contributed by atoms with E-state index in [0.717, 1.165) is 18.7 Å². The maximum atomic E-state index is 13.9. The van der Waals surface area contributed by atoms with Crippen molar-refractivity contribution in [2.75, 3.05) is 33.2 Å². The van der Waals surface area contributed by atoms with Gasteiger partial charge in [-0.05, 0) is 69.9 Å². The van der Waals surface area contributed by atoms with Gasteiger partial charge in [0.05, 0.1) is 17.6 Å². The summed E-state index contributed by atoms with van der Waals surface area (Å²) in [6.45, 7) is 2.35. The van der Waals surface area contributed by atoms with Crippen molar-refractivity contribution in [2.45, 2.75) is 44.2 Å². The number of hydrogen-bond acceptors (Lipinski definition) is 5. The fourth-order valence-electron chi connectivity index (χ4n) is 5.17. The average Bonchev–Trinajstić information content (AvgIpc) is 2.97. The van der Waals surface area contributed by atoms with E-state index in [1.54, 1.807) is 11.0 Å². The molecule has 0 unspecified atom stereocenters. The molecule has 0 bridgehead atoms. The van der Waals surface area contributed by atoms with Gasteiger partial charge in [0, 0.05) is 25.4 Å². The number of H-pyrrole nitrogens is 1. The largest absolute Gasteiger partial charge is 0.391 e. The van der Waals surface area contributed by atoms with Gasteiger partial charge in [-0.1, -0.05) is 12.1 Å².